The van der Waals surface area contributed by atoms with Crippen molar-refractivity contribution in [1.82, 2.24) is 4.98 Å². The molecule has 0 bridgehead atoms. The normalized spacial score (nSPS) is 10.3. The fourth-order valence-electron chi connectivity index (χ4n) is 1.31. The van der Waals surface area contributed by atoms with Crippen LogP contribution in [0.15, 0.2) is 46.5 Å². The van der Waals surface area contributed by atoms with Gasteiger partial charge in [0.2, 0.25) is 0 Å². The Labute approximate surface area is 105 Å². The second-order valence-electron chi connectivity index (χ2n) is 3.35. The average molecular weight is 267 g/mol. The maximum Gasteiger partial charge on any atom is 0.336 e. The average Bonchev–Trinajstić information content (AvgIpc) is 2.34. The van der Waals surface area contributed by atoms with Crippen molar-refractivity contribution in [3.63, 3.8) is 0 Å². The van der Waals surface area contributed by atoms with E-state index < -0.39 is 17.6 Å². The van der Waals surface area contributed by atoms with Crippen molar-refractivity contribution in [3.8, 4) is 0 Å². The lowest BCUT2D eigenvalue weighted by molar-refractivity contribution is 0.0693. The molecule has 0 aliphatic carbocycles. The fraction of sp³-hybridized carbons (Fsp3) is 0. The van der Waals surface area contributed by atoms with Gasteiger partial charge in [-0.05, 0) is 24.3 Å². The van der Waals surface area contributed by atoms with Gasteiger partial charge < -0.3 is 5.11 Å². The second kappa shape index (κ2) is 5.14. The number of aromatic carboxylic acids is 1. The molecule has 0 fully saturated rings. The van der Waals surface area contributed by atoms with Crippen molar-refractivity contribution < 1.29 is 18.7 Å². The van der Waals surface area contributed by atoms with Gasteiger partial charge in [-0.25, -0.2) is 13.6 Å². The molecule has 3 nitrogen and oxygen atoms in total. The number of rotatable bonds is 3. The lowest BCUT2D eigenvalue weighted by Crippen LogP contribution is -1.99. The molecule has 1 N–H and O–H groups in total. The van der Waals surface area contributed by atoms with Crippen molar-refractivity contribution in [1.29, 1.82) is 0 Å². The summed E-state index contributed by atoms with van der Waals surface area (Å²) in [6.07, 6.45) is 2.63. The molecular weight excluding hydrogens is 260 g/mol. The van der Waals surface area contributed by atoms with Crippen molar-refractivity contribution in [2.24, 2.45) is 0 Å². The minimum absolute atomic E-state index is 0.00124. The molecule has 0 aliphatic rings. The first-order valence-electron chi connectivity index (χ1n) is 4.88. The molecule has 6 heteroatoms. The topological polar surface area (TPSA) is 50.2 Å². The third-order valence-electron chi connectivity index (χ3n) is 2.13. The predicted octanol–water partition coefficient (Wildman–Crippen LogP) is 3.21. The van der Waals surface area contributed by atoms with Crippen molar-refractivity contribution in [2.45, 2.75) is 9.79 Å². The summed E-state index contributed by atoms with van der Waals surface area (Å²) in [6.45, 7) is 0. The lowest BCUT2D eigenvalue weighted by atomic mass is 10.3. The van der Waals surface area contributed by atoms with E-state index in [1.807, 2.05) is 0 Å². The molecular formula is C12H7F2NO2S. The van der Waals surface area contributed by atoms with Gasteiger partial charge in [0.1, 0.15) is 11.6 Å². The highest BCUT2D eigenvalue weighted by Crippen LogP contribution is 2.32. The molecule has 18 heavy (non-hydrogen) atoms. The van der Waals surface area contributed by atoms with Crippen LogP contribution in [-0.4, -0.2) is 16.1 Å². The van der Waals surface area contributed by atoms with E-state index in [2.05, 4.69) is 4.98 Å². The van der Waals surface area contributed by atoms with E-state index in [-0.39, 0.29) is 15.4 Å². The van der Waals surface area contributed by atoms with Crippen LogP contribution >= 0.6 is 11.8 Å². The number of halogens is 2. The van der Waals surface area contributed by atoms with Crippen molar-refractivity contribution >= 4 is 17.7 Å². The van der Waals surface area contributed by atoms with Crippen LogP contribution in [0.5, 0.6) is 0 Å². The van der Waals surface area contributed by atoms with Gasteiger partial charge in [0, 0.05) is 17.3 Å². The van der Waals surface area contributed by atoms with Gasteiger partial charge in [-0.3, -0.25) is 4.98 Å². The zero-order valence-corrected chi connectivity index (χ0v) is 9.75. The van der Waals surface area contributed by atoms with Crippen molar-refractivity contribution in [2.75, 3.05) is 0 Å². The van der Waals surface area contributed by atoms with Gasteiger partial charge >= 0.3 is 5.97 Å². The minimum Gasteiger partial charge on any atom is -0.478 e. The molecule has 2 aromatic rings. The Balaban J connectivity index is 2.40. The van der Waals surface area contributed by atoms with Crippen LogP contribution in [0.4, 0.5) is 8.78 Å². The summed E-state index contributed by atoms with van der Waals surface area (Å²) in [5.41, 5.74) is -0.00124. The quantitative estimate of drug-likeness (QED) is 0.927. The Kier molecular flexibility index (Phi) is 3.57. The summed E-state index contributed by atoms with van der Waals surface area (Å²) >= 11 is 0.825. The molecule has 0 atom stereocenters. The molecule has 0 amide bonds. The number of benzene rings is 1. The van der Waals surface area contributed by atoms with Gasteiger partial charge in [0.25, 0.3) is 0 Å². The number of nitrogens with zero attached hydrogens (tertiary/aromatic N) is 1. The van der Waals surface area contributed by atoms with Gasteiger partial charge in [-0.1, -0.05) is 11.8 Å². The zero-order chi connectivity index (χ0) is 13.1. The maximum atomic E-state index is 13.4. The van der Waals surface area contributed by atoms with E-state index in [4.69, 9.17) is 5.11 Å². The van der Waals surface area contributed by atoms with E-state index >= 15 is 0 Å². The van der Waals surface area contributed by atoms with Crippen LogP contribution in [0.25, 0.3) is 0 Å². The summed E-state index contributed by atoms with van der Waals surface area (Å²) in [4.78, 5) is 15.0. The number of pyridine rings is 1. The Morgan fingerprint density at radius 2 is 2.00 bits per heavy atom. The summed E-state index contributed by atoms with van der Waals surface area (Å²) in [5, 5.41) is 8.96. The summed E-state index contributed by atoms with van der Waals surface area (Å²) < 4.78 is 26.4. The molecule has 0 spiro atoms. The van der Waals surface area contributed by atoms with Gasteiger partial charge in [-0.2, -0.15) is 0 Å². The van der Waals surface area contributed by atoms with Gasteiger partial charge in [0.05, 0.1) is 10.5 Å². The molecule has 1 aromatic carbocycles. The first-order valence-corrected chi connectivity index (χ1v) is 5.70. The number of aromatic nitrogens is 1. The predicted molar refractivity (Wildman–Crippen MR) is 61.7 cm³/mol. The van der Waals surface area contributed by atoms with Crippen LogP contribution in [0.2, 0.25) is 0 Å². The summed E-state index contributed by atoms with van der Waals surface area (Å²) in [7, 11) is 0. The van der Waals surface area contributed by atoms with Gasteiger partial charge in [0.15, 0.2) is 0 Å². The molecule has 0 radical (unpaired) electrons. The third kappa shape index (κ3) is 2.65. The van der Waals surface area contributed by atoms with E-state index in [1.165, 1.54) is 18.5 Å². The van der Waals surface area contributed by atoms with Crippen LogP contribution in [0.3, 0.4) is 0 Å². The Hall–Kier alpha value is -1.95. The third-order valence-corrected chi connectivity index (χ3v) is 3.21. The fourth-order valence-corrected chi connectivity index (χ4v) is 2.26. The molecule has 1 aromatic heterocycles. The molecule has 92 valence electrons. The summed E-state index contributed by atoms with van der Waals surface area (Å²) in [5.74, 6) is -2.34. The first-order chi connectivity index (χ1) is 8.58. The van der Waals surface area contributed by atoms with E-state index in [0.717, 1.165) is 30.0 Å². The molecule has 2 rings (SSSR count). The lowest BCUT2D eigenvalue weighted by Gasteiger charge is -2.05. The Bertz CT molecular complexity index is 604. The van der Waals surface area contributed by atoms with Crippen LogP contribution in [0.1, 0.15) is 10.4 Å². The molecule has 0 saturated carbocycles. The zero-order valence-electron chi connectivity index (χ0n) is 8.93. The Morgan fingerprint density at radius 1 is 1.22 bits per heavy atom. The number of carbonyl (C=O) groups is 1. The minimum atomic E-state index is -1.14. The van der Waals surface area contributed by atoms with Crippen LogP contribution in [0, 0.1) is 11.6 Å². The number of carboxylic acid groups (broad SMARTS) is 1. The largest absolute Gasteiger partial charge is 0.478 e. The maximum absolute atomic E-state index is 13.4. The second-order valence-corrected chi connectivity index (χ2v) is 4.44. The highest BCUT2D eigenvalue weighted by molar-refractivity contribution is 7.99. The molecule has 0 aliphatic heterocycles. The standard InChI is InChI=1S/C12H7F2NO2S/c13-7-1-2-9(14)10(5-7)18-11-6-15-4-3-8(11)12(16)17/h1-6H,(H,16,17). The van der Waals surface area contributed by atoms with E-state index in [1.54, 1.807) is 0 Å². The molecule has 1 heterocycles. The molecule has 0 unspecified atom stereocenters. The highest BCUT2D eigenvalue weighted by atomic mass is 32.2. The number of carboxylic acids is 1. The smallest absolute Gasteiger partial charge is 0.336 e. The van der Waals surface area contributed by atoms with Crippen LogP contribution < -0.4 is 0 Å². The van der Waals surface area contributed by atoms with Crippen LogP contribution in [-0.2, 0) is 0 Å². The van der Waals surface area contributed by atoms with Gasteiger partial charge in [-0.15, -0.1) is 0 Å². The SMILES string of the molecule is O=C(O)c1ccncc1Sc1cc(F)ccc1F. The monoisotopic (exact) mass is 267 g/mol. The first kappa shape index (κ1) is 12.5. The van der Waals surface area contributed by atoms with E-state index in [9.17, 15) is 13.6 Å². The molecule has 0 saturated heterocycles. The number of hydrogen-bond acceptors (Lipinski definition) is 3. The van der Waals surface area contributed by atoms with E-state index in [0.29, 0.717) is 0 Å². The van der Waals surface area contributed by atoms with Crippen molar-refractivity contribution in [3.05, 3.63) is 53.9 Å². The number of hydrogen-bond donors (Lipinski definition) is 1. The highest BCUT2D eigenvalue weighted by Gasteiger charge is 2.13. The summed E-state index contributed by atoms with van der Waals surface area (Å²) in [6, 6.07) is 4.32. The Morgan fingerprint density at radius 3 is 2.72 bits per heavy atom.